The molecule has 1 aliphatic heterocycles. The van der Waals surface area contributed by atoms with E-state index in [1.165, 1.54) is 12.1 Å². The van der Waals surface area contributed by atoms with Gasteiger partial charge in [-0.3, -0.25) is 9.52 Å². The van der Waals surface area contributed by atoms with Gasteiger partial charge in [0.15, 0.2) is 0 Å². The summed E-state index contributed by atoms with van der Waals surface area (Å²) in [6, 6.07) is 13.5. The third-order valence-corrected chi connectivity index (χ3v) is 5.73. The summed E-state index contributed by atoms with van der Waals surface area (Å²) in [5.41, 5.74) is 1.78. The van der Waals surface area contributed by atoms with Gasteiger partial charge in [-0.1, -0.05) is 18.2 Å². The molecule has 3 rings (SSSR count). The Morgan fingerprint density at radius 2 is 2.00 bits per heavy atom. The van der Waals surface area contributed by atoms with Crippen molar-refractivity contribution in [3.63, 3.8) is 0 Å². The van der Waals surface area contributed by atoms with Gasteiger partial charge >= 0.3 is 0 Å². The fourth-order valence-electron chi connectivity index (χ4n) is 2.98. The van der Waals surface area contributed by atoms with Crippen molar-refractivity contribution in [2.24, 2.45) is 0 Å². The zero-order valence-electron chi connectivity index (χ0n) is 14.7. The Morgan fingerprint density at radius 3 is 2.73 bits per heavy atom. The Kier molecular flexibility index (Phi) is 5.58. The molecule has 1 aliphatic rings. The Balaban J connectivity index is 1.71. The summed E-state index contributed by atoms with van der Waals surface area (Å²) in [6.45, 7) is 3.40. The van der Waals surface area contributed by atoms with Gasteiger partial charge in [-0.25, -0.2) is 8.42 Å². The Bertz CT molecular complexity index is 890. The van der Waals surface area contributed by atoms with Crippen molar-refractivity contribution in [2.75, 3.05) is 17.8 Å². The maximum absolute atomic E-state index is 12.6. The first-order valence-corrected chi connectivity index (χ1v) is 10.1. The number of benzene rings is 2. The molecule has 6 nitrogen and oxygen atoms in total. The first kappa shape index (κ1) is 18.4. The predicted octanol–water partition coefficient (Wildman–Crippen LogP) is 2.28. The molecule has 1 fully saturated rings. The highest BCUT2D eigenvalue weighted by Gasteiger charge is 2.18. The third kappa shape index (κ3) is 4.62. The van der Waals surface area contributed by atoms with Crippen LogP contribution in [0.2, 0.25) is 0 Å². The number of amides is 1. The van der Waals surface area contributed by atoms with E-state index in [9.17, 15) is 13.2 Å². The van der Waals surface area contributed by atoms with E-state index in [0.717, 1.165) is 24.9 Å². The predicted molar refractivity (Wildman–Crippen MR) is 102 cm³/mol. The molecule has 26 heavy (non-hydrogen) atoms. The minimum Gasteiger partial charge on any atom is -0.350 e. The van der Waals surface area contributed by atoms with E-state index in [0.29, 0.717) is 17.8 Å². The maximum Gasteiger partial charge on any atom is 0.261 e. The van der Waals surface area contributed by atoms with E-state index in [1.807, 2.05) is 13.0 Å². The van der Waals surface area contributed by atoms with Crippen molar-refractivity contribution in [2.45, 2.75) is 30.7 Å². The molecule has 1 atom stereocenters. The van der Waals surface area contributed by atoms with Gasteiger partial charge in [-0.15, -0.1) is 0 Å². The number of anilines is 1. The zero-order chi connectivity index (χ0) is 18.6. The van der Waals surface area contributed by atoms with E-state index in [-0.39, 0.29) is 16.8 Å². The maximum atomic E-state index is 12.6. The highest BCUT2D eigenvalue weighted by molar-refractivity contribution is 7.92. The lowest BCUT2D eigenvalue weighted by atomic mass is 10.2. The molecule has 0 radical (unpaired) electrons. The Morgan fingerprint density at radius 1 is 1.19 bits per heavy atom. The molecule has 3 N–H and O–H groups in total. The molecule has 1 saturated heterocycles. The van der Waals surface area contributed by atoms with Crippen LogP contribution in [0.25, 0.3) is 0 Å². The van der Waals surface area contributed by atoms with E-state index in [2.05, 4.69) is 15.4 Å². The number of carbonyl (C=O) groups excluding carboxylic acids is 1. The molecule has 1 heterocycles. The number of nitrogens with one attached hydrogen (secondary N) is 3. The van der Waals surface area contributed by atoms with Crippen LogP contribution >= 0.6 is 0 Å². The van der Waals surface area contributed by atoms with Crippen molar-refractivity contribution in [3.05, 3.63) is 59.7 Å². The molecule has 0 aliphatic carbocycles. The largest absolute Gasteiger partial charge is 0.350 e. The second-order valence-electron chi connectivity index (χ2n) is 6.51. The van der Waals surface area contributed by atoms with Gasteiger partial charge in [0.25, 0.3) is 15.9 Å². The molecule has 0 spiro atoms. The quantitative estimate of drug-likeness (QED) is 0.725. The number of aryl methyl sites for hydroxylation is 1. The van der Waals surface area contributed by atoms with Crippen LogP contribution in [0, 0.1) is 6.92 Å². The van der Waals surface area contributed by atoms with Crippen molar-refractivity contribution in [3.8, 4) is 0 Å². The molecule has 0 bridgehead atoms. The molecule has 1 unspecified atom stereocenters. The lowest BCUT2D eigenvalue weighted by molar-refractivity contribution is 0.0950. The van der Waals surface area contributed by atoms with Crippen molar-refractivity contribution < 1.29 is 13.2 Å². The molecular weight excluding hydrogens is 350 g/mol. The van der Waals surface area contributed by atoms with Crippen LogP contribution in [0.15, 0.2) is 53.4 Å². The molecular formula is C19H23N3O3S. The number of sulfonamides is 1. The average molecular weight is 373 g/mol. The van der Waals surface area contributed by atoms with Crippen LogP contribution in [0.5, 0.6) is 0 Å². The van der Waals surface area contributed by atoms with Crippen molar-refractivity contribution >= 4 is 21.6 Å². The van der Waals surface area contributed by atoms with Gasteiger partial charge in [0, 0.05) is 23.8 Å². The lowest BCUT2D eigenvalue weighted by Gasteiger charge is -2.12. The Hall–Kier alpha value is -2.38. The first-order valence-electron chi connectivity index (χ1n) is 8.65. The summed E-state index contributed by atoms with van der Waals surface area (Å²) in [5.74, 6) is -0.272. The molecule has 0 saturated carbocycles. The third-order valence-electron chi connectivity index (χ3n) is 4.35. The fourth-order valence-corrected chi connectivity index (χ4v) is 4.07. The molecule has 138 valence electrons. The summed E-state index contributed by atoms with van der Waals surface area (Å²) in [5, 5.41) is 6.17. The summed E-state index contributed by atoms with van der Waals surface area (Å²) >= 11 is 0. The molecule has 7 heteroatoms. The monoisotopic (exact) mass is 373 g/mol. The van der Waals surface area contributed by atoms with E-state index >= 15 is 0 Å². The number of hydrogen-bond acceptors (Lipinski definition) is 4. The van der Waals surface area contributed by atoms with Gasteiger partial charge in [0.2, 0.25) is 0 Å². The second kappa shape index (κ2) is 7.88. The lowest BCUT2D eigenvalue weighted by Crippen LogP contribution is -2.37. The van der Waals surface area contributed by atoms with Crippen LogP contribution in [-0.2, 0) is 10.0 Å². The van der Waals surface area contributed by atoms with Gasteiger partial charge in [0.1, 0.15) is 0 Å². The van der Waals surface area contributed by atoms with Crippen LogP contribution < -0.4 is 15.4 Å². The Labute approximate surface area is 154 Å². The minimum absolute atomic E-state index is 0.0608. The highest BCUT2D eigenvalue weighted by Crippen LogP contribution is 2.18. The van der Waals surface area contributed by atoms with Gasteiger partial charge < -0.3 is 10.6 Å². The smallest absolute Gasteiger partial charge is 0.261 e. The van der Waals surface area contributed by atoms with Gasteiger partial charge in [-0.05, 0) is 62.2 Å². The van der Waals surface area contributed by atoms with Crippen molar-refractivity contribution in [1.82, 2.24) is 10.6 Å². The SMILES string of the molecule is Cc1cccc(NS(=O)(=O)c2cccc(C(=O)NCC3CCCN3)c2)c1. The van der Waals surface area contributed by atoms with E-state index in [4.69, 9.17) is 0 Å². The average Bonchev–Trinajstić information content (AvgIpc) is 3.13. The first-order chi connectivity index (χ1) is 12.4. The summed E-state index contributed by atoms with van der Waals surface area (Å²) in [6.07, 6.45) is 2.15. The van der Waals surface area contributed by atoms with Crippen LogP contribution in [0.1, 0.15) is 28.8 Å². The number of rotatable bonds is 6. The number of hydrogen-bond donors (Lipinski definition) is 3. The zero-order valence-corrected chi connectivity index (χ0v) is 15.5. The molecule has 2 aromatic rings. The summed E-state index contributed by atoms with van der Waals surface area (Å²) in [4.78, 5) is 12.4. The normalized spacial score (nSPS) is 17.0. The summed E-state index contributed by atoms with van der Waals surface area (Å²) < 4.78 is 27.8. The molecule has 1 amide bonds. The van der Waals surface area contributed by atoms with Crippen LogP contribution in [-0.4, -0.2) is 33.5 Å². The highest BCUT2D eigenvalue weighted by atomic mass is 32.2. The molecule has 0 aromatic heterocycles. The van der Waals surface area contributed by atoms with Crippen molar-refractivity contribution in [1.29, 1.82) is 0 Å². The van der Waals surface area contributed by atoms with E-state index in [1.54, 1.807) is 30.3 Å². The second-order valence-corrected chi connectivity index (χ2v) is 8.19. The van der Waals surface area contributed by atoms with Crippen LogP contribution in [0.4, 0.5) is 5.69 Å². The summed E-state index contributed by atoms with van der Waals surface area (Å²) in [7, 11) is -3.76. The van der Waals surface area contributed by atoms with Crippen LogP contribution in [0.3, 0.4) is 0 Å². The van der Waals surface area contributed by atoms with Gasteiger partial charge in [0.05, 0.1) is 4.90 Å². The standard InChI is InChI=1S/C19H23N3O3S/c1-14-5-2-7-16(11-14)22-26(24,25)18-9-3-6-15(12-18)19(23)21-13-17-8-4-10-20-17/h2-3,5-7,9,11-12,17,20,22H,4,8,10,13H2,1H3,(H,21,23). The topological polar surface area (TPSA) is 87.3 Å². The minimum atomic E-state index is -3.76. The van der Waals surface area contributed by atoms with E-state index < -0.39 is 10.0 Å². The number of carbonyl (C=O) groups is 1. The molecule has 2 aromatic carbocycles. The fraction of sp³-hybridized carbons (Fsp3) is 0.316. The van der Waals surface area contributed by atoms with Gasteiger partial charge in [-0.2, -0.15) is 0 Å².